The predicted octanol–water partition coefficient (Wildman–Crippen LogP) is 7.17. The standard InChI is InChI=1S/C23H34/c1-12-19(20-15(4)13(2)17(6)22(20,8)9)21-16(5)14(3)18(7)23(21,10)11/h12,19H,1H2,2-11H3. The van der Waals surface area contributed by atoms with Crippen LogP contribution in [0.4, 0.5) is 0 Å². The Labute approximate surface area is 143 Å². The van der Waals surface area contributed by atoms with E-state index in [1.165, 1.54) is 33.4 Å². The fraction of sp³-hybridized carbons (Fsp3) is 0.565. The molecule has 0 nitrogen and oxygen atoms in total. The predicted molar refractivity (Wildman–Crippen MR) is 103 cm³/mol. The molecule has 0 aliphatic heterocycles. The molecule has 0 aromatic heterocycles. The lowest BCUT2D eigenvalue weighted by Gasteiger charge is -2.37. The van der Waals surface area contributed by atoms with Crippen LogP contribution in [0.15, 0.2) is 57.2 Å². The van der Waals surface area contributed by atoms with Gasteiger partial charge in [-0.05, 0) is 75.0 Å². The molecule has 0 heteroatoms. The van der Waals surface area contributed by atoms with Gasteiger partial charge in [-0.1, -0.05) is 44.9 Å². The zero-order chi connectivity index (χ0) is 17.9. The molecule has 2 aliphatic carbocycles. The number of rotatable bonds is 3. The molecule has 0 N–H and O–H groups in total. The monoisotopic (exact) mass is 310 g/mol. The molecule has 0 unspecified atom stereocenters. The van der Waals surface area contributed by atoms with Crippen molar-refractivity contribution in [3.63, 3.8) is 0 Å². The van der Waals surface area contributed by atoms with Crippen molar-refractivity contribution in [2.75, 3.05) is 0 Å². The molecule has 0 fully saturated rings. The minimum absolute atomic E-state index is 0.112. The van der Waals surface area contributed by atoms with E-state index in [9.17, 15) is 0 Å². The lowest BCUT2D eigenvalue weighted by Crippen LogP contribution is -2.26. The normalized spacial score (nSPS) is 23.8. The van der Waals surface area contributed by atoms with E-state index in [4.69, 9.17) is 0 Å². The summed E-state index contributed by atoms with van der Waals surface area (Å²) >= 11 is 0. The van der Waals surface area contributed by atoms with Crippen LogP contribution in [0.1, 0.15) is 69.2 Å². The third-order valence-corrected chi connectivity index (χ3v) is 7.14. The molecule has 0 bridgehead atoms. The van der Waals surface area contributed by atoms with Gasteiger partial charge in [-0.2, -0.15) is 0 Å². The Morgan fingerprint density at radius 1 is 0.652 bits per heavy atom. The van der Waals surface area contributed by atoms with E-state index in [1.807, 2.05) is 0 Å². The van der Waals surface area contributed by atoms with Gasteiger partial charge >= 0.3 is 0 Å². The van der Waals surface area contributed by atoms with Crippen molar-refractivity contribution in [3.05, 3.63) is 57.2 Å². The summed E-state index contributed by atoms with van der Waals surface area (Å²) in [6.45, 7) is 27.5. The van der Waals surface area contributed by atoms with Gasteiger partial charge in [0.25, 0.3) is 0 Å². The van der Waals surface area contributed by atoms with Gasteiger partial charge in [-0.3, -0.25) is 0 Å². The van der Waals surface area contributed by atoms with E-state index in [2.05, 4.69) is 81.9 Å². The van der Waals surface area contributed by atoms with Gasteiger partial charge in [0.05, 0.1) is 0 Å². The van der Waals surface area contributed by atoms with Crippen LogP contribution in [0.25, 0.3) is 0 Å². The van der Waals surface area contributed by atoms with Gasteiger partial charge in [-0.25, -0.2) is 0 Å². The Balaban J connectivity index is 2.68. The lowest BCUT2D eigenvalue weighted by atomic mass is 9.66. The van der Waals surface area contributed by atoms with Crippen molar-refractivity contribution in [2.24, 2.45) is 16.7 Å². The molecule has 0 saturated heterocycles. The summed E-state index contributed by atoms with van der Waals surface area (Å²) in [4.78, 5) is 0. The summed E-state index contributed by atoms with van der Waals surface area (Å²) in [5.74, 6) is 0.319. The van der Waals surface area contributed by atoms with Crippen LogP contribution < -0.4 is 0 Å². The van der Waals surface area contributed by atoms with Crippen LogP contribution in [-0.4, -0.2) is 0 Å². The fourth-order valence-electron chi connectivity index (χ4n) is 4.87. The smallest absolute Gasteiger partial charge is 0.0213 e. The highest BCUT2D eigenvalue weighted by atomic mass is 14.5. The lowest BCUT2D eigenvalue weighted by molar-refractivity contribution is 0.455. The zero-order valence-corrected chi connectivity index (χ0v) is 16.9. The fourth-order valence-corrected chi connectivity index (χ4v) is 4.87. The summed E-state index contributed by atoms with van der Waals surface area (Å²) in [5.41, 5.74) is 12.2. The molecule has 0 spiro atoms. The SMILES string of the molecule is C=CC(C1=C(C)C(C)=C(C)C1(C)C)C1=C(C)C(C)=C(C)C1(C)C. The first-order valence-electron chi connectivity index (χ1n) is 8.82. The maximum absolute atomic E-state index is 4.24. The highest BCUT2D eigenvalue weighted by molar-refractivity contribution is 5.59. The molecule has 0 heterocycles. The number of allylic oxidation sites excluding steroid dienone is 9. The molecule has 0 aromatic carbocycles. The van der Waals surface area contributed by atoms with Crippen LogP contribution in [0.3, 0.4) is 0 Å². The van der Waals surface area contributed by atoms with Crippen molar-refractivity contribution in [3.8, 4) is 0 Å². The highest BCUT2D eigenvalue weighted by Gasteiger charge is 2.44. The van der Waals surface area contributed by atoms with E-state index >= 15 is 0 Å². The van der Waals surface area contributed by atoms with E-state index < -0.39 is 0 Å². The molecular weight excluding hydrogens is 276 g/mol. The van der Waals surface area contributed by atoms with Crippen molar-refractivity contribution in [1.82, 2.24) is 0 Å². The first kappa shape index (κ1) is 18.0. The second-order valence-electron chi connectivity index (χ2n) is 8.54. The van der Waals surface area contributed by atoms with Crippen molar-refractivity contribution in [1.29, 1.82) is 0 Å². The Hall–Kier alpha value is -1.30. The maximum atomic E-state index is 4.24. The van der Waals surface area contributed by atoms with Crippen LogP contribution in [0.5, 0.6) is 0 Å². The van der Waals surface area contributed by atoms with E-state index in [0.717, 1.165) is 0 Å². The Morgan fingerprint density at radius 3 is 1.13 bits per heavy atom. The van der Waals surface area contributed by atoms with Gasteiger partial charge < -0.3 is 0 Å². The minimum atomic E-state index is 0.112. The average molecular weight is 311 g/mol. The topological polar surface area (TPSA) is 0 Å². The van der Waals surface area contributed by atoms with E-state index in [1.54, 1.807) is 11.1 Å². The number of hydrogen-bond acceptors (Lipinski definition) is 0. The molecule has 0 aromatic rings. The first-order chi connectivity index (χ1) is 10.4. The maximum Gasteiger partial charge on any atom is 0.0213 e. The van der Waals surface area contributed by atoms with E-state index in [-0.39, 0.29) is 10.8 Å². The second-order valence-corrected chi connectivity index (χ2v) is 8.54. The molecule has 0 radical (unpaired) electrons. The molecule has 23 heavy (non-hydrogen) atoms. The molecule has 0 amide bonds. The zero-order valence-electron chi connectivity index (χ0n) is 16.9. The van der Waals surface area contributed by atoms with Gasteiger partial charge in [0.15, 0.2) is 0 Å². The van der Waals surface area contributed by atoms with Gasteiger partial charge in [-0.15, -0.1) is 6.58 Å². The van der Waals surface area contributed by atoms with Crippen molar-refractivity contribution >= 4 is 0 Å². The molecular formula is C23H34. The largest absolute Gasteiger partial charge is 0.102 e. The van der Waals surface area contributed by atoms with Gasteiger partial charge in [0.2, 0.25) is 0 Å². The molecule has 0 saturated carbocycles. The van der Waals surface area contributed by atoms with Crippen LogP contribution in [0, 0.1) is 16.7 Å². The van der Waals surface area contributed by atoms with Gasteiger partial charge in [0, 0.05) is 16.7 Å². The average Bonchev–Trinajstić information content (AvgIpc) is 2.72. The van der Waals surface area contributed by atoms with Crippen LogP contribution in [-0.2, 0) is 0 Å². The Morgan fingerprint density at radius 2 is 0.957 bits per heavy atom. The summed E-state index contributed by atoms with van der Waals surface area (Å²) in [5, 5.41) is 0. The van der Waals surface area contributed by atoms with Crippen LogP contribution in [0.2, 0.25) is 0 Å². The third-order valence-electron chi connectivity index (χ3n) is 7.14. The molecule has 2 aliphatic rings. The summed E-state index contributed by atoms with van der Waals surface area (Å²) in [6.07, 6.45) is 2.18. The highest BCUT2D eigenvalue weighted by Crippen LogP contribution is 2.57. The summed E-state index contributed by atoms with van der Waals surface area (Å²) in [7, 11) is 0. The molecule has 2 rings (SSSR count). The summed E-state index contributed by atoms with van der Waals surface area (Å²) in [6, 6.07) is 0. The number of hydrogen-bond donors (Lipinski definition) is 0. The van der Waals surface area contributed by atoms with Crippen molar-refractivity contribution < 1.29 is 0 Å². The van der Waals surface area contributed by atoms with Crippen LogP contribution >= 0.6 is 0 Å². The Kier molecular flexibility index (Phi) is 4.21. The first-order valence-corrected chi connectivity index (χ1v) is 8.82. The second kappa shape index (κ2) is 5.36. The minimum Gasteiger partial charge on any atom is -0.102 e. The quantitative estimate of drug-likeness (QED) is 0.484. The third kappa shape index (κ3) is 2.25. The molecule has 0 atom stereocenters. The molecule has 126 valence electrons. The van der Waals surface area contributed by atoms with Gasteiger partial charge in [0.1, 0.15) is 0 Å². The summed E-state index contributed by atoms with van der Waals surface area (Å²) < 4.78 is 0. The van der Waals surface area contributed by atoms with Crippen molar-refractivity contribution in [2.45, 2.75) is 69.2 Å². The van der Waals surface area contributed by atoms with E-state index in [0.29, 0.717) is 5.92 Å². The Bertz CT molecular complexity index is 638.